The van der Waals surface area contributed by atoms with Gasteiger partial charge < -0.3 is 19.1 Å². The number of nitrogens with zero attached hydrogens (tertiary/aromatic N) is 1. The molecule has 1 spiro atoms. The average molecular weight is 384 g/mol. The smallest absolute Gasteiger partial charge is 0.168 e. The van der Waals surface area contributed by atoms with Gasteiger partial charge in [0, 0.05) is 45.7 Å². The SMILES string of the molecule is COCCCN(CCC1COC2(CCC(C(C)(C)C(C)C)CC2)O1)C(C)C. The number of hydrogen-bond donors (Lipinski definition) is 0. The van der Waals surface area contributed by atoms with E-state index < -0.39 is 0 Å². The molecular weight excluding hydrogens is 338 g/mol. The first kappa shape index (κ1) is 23.1. The molecule has 0 N–H and O–H groups in total. The molecule has 2 rings (SSSR count). The minimum atomic E-state index is -0.285. The second kappa shape index (κ2) is 10.0. The second-order valence-electron chi connectivity index (χ2n) is 9.98. The third-order valence-electron chi connectivity index (χ3n) is 7.46. The van der Waals surface area contributed by atoms with Crippen molar-refractivity contribution in [3.05, 3.63) is 0 Å². The first-order chi connectivity index (χ1) is 12.7. The van der Waals surface area contributed by atoms with Gasteiger partial charge >= 0.3 is 0 Å². The Labute approximate surface area is 168 Å². The van der Waals surface area contributed by atoms with Gasteiger partial charge in [0.2, 0.25) is 0 Å². The molecular formula is C23H45NO3. The lowest BCUT2D eigenvalue weighted by atomic mass is 9.64. The van der Waals surface area contributed by atoms with Gasteiger partial charge in [-0.25, -0.2) is 0 Å². The van der Waals surface area contributed by atoms with Gasteiger partial charge in [0.15, 0.2) is 5.79 Å². The summed E-state index contributed by atoms with van der Waals surface area (Å²) in [6.45, 7) is 17.9. The van der Waals surface area contributed by atoms with Crippen LogP contribution < -0.4 is 0 Å². The summed E-state index contributed by atoms with van der Waals surface area (Å²) < 4.78 is 17.9. The lowest BCUT2D eigenvalue weighted by molar-refractivity contribution is -0.198. The third kappa shape index (κ3) is 6.16. The van der Waals surface area contributed by atoms with Crippen molar-refractivity contribution in [3.63, 3.8) is 0 Å². The fourth-order valence-electron chi connectivity index (χ4n) is 4.64. The second-order valence-corrected chi connectivity index (χ2v) is 9.98. The number of methoxy groups -OCH3 is 1. The maximum atomic E-state index is 6.49. The van der Waals surface area contributed by atoms with E-state index >= 15 is 0 Å². The topological polar surface area (TPSA) is 30.9 Å². The van der Waals surface area contributed by atoms with Crippen molar-refractivity contribution in [2.75, 3.05) is 33.4 Å². The summed E-state index contributed by atoms with van der Waals surface area (Å²) in [6, 6.07) is 0.562. The van der Waals surface area contributed by atoms with E-state index in [1.54, 1.807) is 7.11 Å². The van der Waals surface area contributed by atoms with Crippen molar-refractivity contribution in [1.82, 2.24) is 4.90 Å². The van der Waals surface area contributed by atoms with Gasteiger partial charge in [0.1, 0.15) is 0 Å². The Kier molecular flexibility index (Phi) is 8.60. The molecule has 160 valence electrons. The molecule has 27 heavy (non-hydrogen) atoms. The van der Waals surface area contributed by atoms with Crippen LogP contribution in [0.5, 0.6) is 0 Å². The fourth-order valence-corrected chi connectivity index (χ4v) is 4.64. The Morgan fingerprint density at radius 2 is 1.78 bits per heavy atom. The summed E-state index contributed by atoms with van der Waals surface area (Å²) in [5.41, 5.74) is 0.402. The van der Waals surface area contributed by atoms with E-state index in [1.807, 2.05) is 0 Å². The van der Waals surface area contributed by atoms with Crippen LogP contribution in [0.15, 0.2) is 0 Å². The number of rotatable bonds is 10. The highest BCUT2D eigenvalue weighted by atomic mass is 16.7. The van der Waals surface area contributed by atoms with Gasteiger partial charge in [-0.1, -0.05) is 27.7 Å². The van der Waals surface area contributed by atoms with Crippen molar-refractivity contribution >= 4 is 0 Å². The van der Waals surface area contributed by atoms with Gasteiger partial charge in [0.05, 0.1) is 12.7 Å². The highest BCUT2D eigenvalue weighted by molar-refractivity contribution is 4.91. The van der Waals surface area contributed by atoms with Crippen LogP contribution in [0.4, 0.5) is 0 Å². The Bertz CT molecular complexity index is 427. The largest absolute Gasteiger partial charge is 0.385 e. The maximum Gasteiger partial charge on any atom is 0.168 e. The summed E-state index contributed by atoms with van der Waals surface area (Å²) in [6.07, 6.45) is 6.99. The van der Waals surface area contributed by atoms with E-state index in [0.717, 1.165) is 63.8 Å². The number of ether oxygens (including phenoxy) is 3. The van der Waals surface area contributed by atoms with Crippen LogP contribution in [0.1, 0.15) is 80.1 Å². The van der Waals surface area contributed by atoms with Crippen molar-refractivity contribution < 1.29 is 14.2 Å². The Morgan fingerprint density at radius 1 is 1.11 bits per heavy atom. The molecule has 0 aromatic carbocycles. The molecule has 1 aliphatic heterocycles. The van der Waals surface area contributed by atoms with Crippen molar-refractivity contribution in [3.8, 4) is 0 Å². The molecule has 1 unspecified atom stereocenters. The van der Waals surface area contributed by atoms with Crippen molar-refractivity contribution in [2.45, 2.75) is 98.0 Å². The molecule has 1 saturated carbocycles. The molecule has 0 aromatic heterocycles. The first-order valence-corrected chi connectivity index (χ1v) is 11.2. The van der Waals surface area contributed by atoms with E-state index in [0.29, 0.717) is 11.5 Å². The van der Waals surface area contributed by atoms with Gasteiger partial charge in [0.25, 0.3) is 0 Å². The summed E-state index contributed by atoms with van der Waals surface area (Å²) in [5, 5.41) is 0. The summed E-state index contributed by atoms with van der Waals surface area (Å²) in [5.74, 6) is 1.22. The Balaban J connectivity index is 1.78. The average Bonchev–Trinajstić information content (AvgIpc) is 3.00. The molecule has 2 fully saturated rings. The molecule has 2 aliphatic rings. The zero-order valence-corrected chi connectivity index (χ0v) is 19.1. The molecule has 0 amide bonds. The Morgan fingerprint density at radius 3 is 2.33 bits per heavy atom. The normalized spacial score (nSPS) is 29.6. The van der Waals surface area contributed by atoms with Crippen molar-refractivity contribution in [2.24, 2.45) is 17.3 Å². The summed E-state index contributed by atoms with van der Waals surface area (Å²) in [4.78, 5) is 2.54. The lowest BCUT2D eigenvalue weighted by Gasteiger charge is -2.44. The minimum Gasteiger partial charge on any atom is -0.385 e. The van der Waals surface area contributed by atoms with E-state index in [9.17, 15) is 0 Å². The van der Waals surface area contributed by atoms with Crippen LogP contribution in [0.3, 0.4) is 0 Å². The zero-order chi connectivity index (χ0) is 20.1. The number of hydrogen-bond acceptors (Lipinski definition) is 4. The zero-order valence-electron chi connectivity index (χ0n) is 19.1. The highest BCUT2D eigenvalue weighted by Crippen LogP contribution is 2.48. The predicted molar refractivity (Wildman–Crippen MR) is 112 cm³/mol. The quantitative estimate of drug-likeness (QED) is 0.491. The van der Waals surface area contributed by atoms with Gasteiger partial charge in [-0.2, -0.15) is 0 Å². The van der Waals surface area contributed by atoms with Crippen LogP contribution in [0, 0.1) is 17.3 Å². The highest BCUT2D eigenvalue weighted by Gasteiger charge is 2.47. The summed E-state index contributed by atoms with van der Waals surface area (Å²) in [7, 11) is 1.78. The van der Waals surface area contributed by atoms with Gasteiger partial charge in [-0.3, -0.25) is 0 Å². The molecule has 1 saturated heterocycles. The summed E-state index contributed by atoms with van der Waals surface area (Å²) >= 11 is 0. The molecule has 1 heterocycles. The van der Waals surface area contributed by atoms with Gasteiger partial charge in [-0.15, -0.1) is 0 Å². The standard InChI is InChI=1S/C23H45NO3/c1-18(2)22(5,6)20-9-12-23(13-10-20)26-17-21(27-23)11-15-24(19(3)4)14-8-16-25-7/h18-21H,8-17H2,1-7H3. The molecule has 1 aliphatic carbocycles. The van der Waals surface area contributed by atoms with Crippen LogP contribution >= 0.6 is 0 Å². The molecule has 0 aromatic rings. The van der Waals surface area contributed by atoms with Crippen molar-refractivity contribution in [1.29, 1.82) is 0 Å². The van der Waals surface area contributed by atoms with E-state index in [2.05, 4.69) is 46.4 Å². The molecule has 4 heteroatoms. The van der Waals surface area contributed by atoms with Crippen LogP contribution in [0.2, 0.25) is 0 Å². The fraction of sp³-hybridized carbons (Fsp3) is 1.00. The van der Waals surface area contributed by atoms with Gasteiger partial charge in [-0.05, 0) is 56.8 Å². The van der Waals surface area contributed by atoms with Crippen LogP contribution in [-0.4, -0.2) is 56.2 Å². The predicted octanol–water partition coefficient (Wildman–Crippen LogP) is 5.11. The minimum absolute atomic E-state index is 0.253. The Hall–Kier alpha value is -0.160. The van der Waals surface area contributed by atoms with E-state index in [1.165, 1.54) is 12.8 Å². The lowest BCUT2D eigenvalue weighted by Crippen LogP contribution is -2.41. The van der Waals surface area contributed by atoms with E-state index in [-0.39, 0.29) is 11.9 Å². The van der Waals surface area contributed by atoms with Crippen LogP contribution in [0.25, 0.3) is 0 Å². The molecule has 0 bridgehead atoms. The molecule has 4 nitrogen and oxygen atoms in total. The van der Waals surface area contributed by atoms with E-state index in [4.69, 9.17) is 14.2 Å². The monoisotopic (exact) mass is 383 g/mol. The molecule has 1 atom stereocenters. The first-order valence-electron chi connectivity index (χ1n) is 11.2. The maximum absolute atomic E-state index is 6.49. The molecule has 0 radical (unpaired) electrons. The van der Waals surface area contributed by atoms with Crippen LogP contribution in [-0.2, 0) is 14.2 Å². The third-order valence-corrected chi connectivity index (χ3v) is 7.46.